The standard InChI is InChI=1S/C15H21FN2O3/c1-9(2)12(6-7-19)17-14(20)15(21)18-13-8-11(16)5-4-10(13)3/h4-5,8-9,12,19H,6-7H2,1-3H3,(H,17,20)(H,18,21). The maximum Gasteiger partial charge on any atom is 0.313 e. The molecule has 0 radical (unpaired) electrons. The number of benzene rings is 1. The second-order valence-electron chi connectivity index (χ2n) is 5.25. The number of hydrogen-bond acceptors (Lipinski definition) is 3. The molecule has 0 spiro atoms. The summed E-state index contributed by atoms with van der Waals surface area (Å²) in [7, 11) is 0. The van der Waals surface area contributed by atoms with Gasteiger partial charge in [0.25, 0.3) is 0 Å². The van der Waals surface area contributed by atoms with Gasteiger partial charge < -0.3 is 15.7 Å². The van der Waals surface area contributed by atoms with Crippen LogP contribution in [0.2, 0.25) is 0 Å². The number of halogens is 1. The Hall–Kier alpha value is -1.95. The van der Waals surface area contributed by atoms with Gasteiger partial charge in [-0.3, -0.25) is 9.59 Å². The summed E-state index contributed by atoms with van der Waals surface area (Å²) < 4.78 is 13.1. The fourth-order valence-electron chi connectivity index (χ4n) is 1.85. The van der Waals surface area contributed by atoms with Crippen molar-refractivity contribution in [1.29, 1.82) is 0 Å². The van der Waals surface area contributed by atoms with Crippen molar-refractivity contribution >= 4 is 17.5 Å². The molecule has 1 aromatic rings. The zero-order chi connectivity index (χ0) is 16.0. The zero-order valence-corrected chi connectivity index (χ0v) is 12.4. The van der Waals surface area contributed by atoms with Crippen LogP contribution in [0.4, 0.5) is 10.1 Å². The predicted molar refractivity (Wildman–Crippen MR) is 78.2 cm³/mol. The molecule has 116 valence electrons. The molecule has 0 aliphatic heterocycles. The van der Waals surface area contributed by atoms with Crippen LogP contribution >= 0.6 is 0 Å². The molecule has 1 unspecified atom stereocenters. The lowest BCUT2D eigenvalue weighted by Gasteiger charge is -2.21. The summed E-state index contributed by atoms with van der Waals surface area (Å²) in [6, 6.07) is 3.67. The second kappa shape index (κ2) is 7.73. The van der Waals surface area contributed by atoms with E-state index < -0.39 is 17.6 Å². The Kier molecular flexibility index (Phi) is 6.30. The van der Waals surface area contributed by atoms with Gasteiger partial charge in [0, 0.05) is 18.3 Å². The van der Waals surface area contributed by atoms with Crippen molar-refractivity contribution in [2.75, 3.05) is 11.9 Å². The van der Waals surface area contributed by atoms with E-state index >= 15 is 0 Å². The van der Waals surface area contributed by atoms with Gasteiger partial charge in [-0.25, -0.2) is 4.39 Å². The Morgan fingerprint density at radius 2 is 1.95 bits per heavy atom. The van der Waals surface area contributed by atoms with E-state index in [9.17, 15) is 14.0 Å². The molecule has 1 aromatic carbocycles. The molecule has 0 bridgehead atoms. The number of amides is 2. The Bertz CT molecular complexity index is 518. The molecular formula is C15H21FN2O3. The number of hydrogen-bond donors (Lipinski definition) is 3. The highest BCUT2D eigenvalue weighted by Crippen LogP contribution is 2.15. The summed E-state index contributed by atoms with van der Waals surface area (Å²) in [4.78, 5) is 23.7. The van der Waals surface area contributed by atoms with Gasteiger partial charge in [0.1, 0.15) is 5.82 Å². The molecule has 6 heteroatoms. The molecule has 1 rings (SSSR count). The number of aryl methyl sites for hydroxylation is 1. The second-order valence-corrected chi connectivity index (χ2v) is 5.25. The molecule has 5 nitrogen and oxygen atoms in total. The van der Waals surface area contributed by atoms with E-state index in [0.717, 1.165) is 6.07 Å². The molecule has 0 aliphatic carbocycles. The zero-order valence-electron chi connectivity index (χ0n) is 12.4. The topological polar surface area (TPSA) is 78.4 Å². The average Bonchev–Trinajstić information content (AvgIpc) is 2.42. The Morgan fingerprint density at radius 1 is 1.29 bits per heavy atom. The van der Waals surface area contributed by atoms with Crippen molar-refractivity contribution in [2.45, 2.75) is 33.2 Å². The lowest BCUT2D eigenvalue weighted by Crippen LogP contribution is -2.44. The van der Waals surface area contributed by atoms with E-state index in [1.54, 1.807) is 6.92 Å². The predicted octanol–water partition coefficient (Wildman–Crippen LogP) is 1.60. The number of rotatable bonds is 5. The molecule has 0 saturated carbocycles. The molecule has 1 atom stereocenters. The monoisotopic (exact) mass is 296 g/mol. The number of carbonyl (C=O) groups excluding carboxylic acids is 2. The van der Waals surface area contributed by atoms with Crippen molar-refractivity contribution in [1.82, 2.24) is 5.32 Å². The number of aliphatic hydroxyl groups is 1. The fraction of sp³-hybridized carbons (Fsp3) is 0.467. The first-order chi connectivity index (χ1) is 9.85. The quantitative estimate of drug-likeness (QED) is 0.722. The van der Waals surface area contributed by atoms with Crippen molar-refractivity contribution < 1.29 is 19.1 Å². The maximum atomic E-state index is 13.1. The molecule has 0 saturated heterocycles. The molecule has 0 aromatic heterocycles. The maximum absolute atomic E-state index is 13.1. The van der Waals surface area contributed by atoms with Gasteiger partial charge in [0.15, 0.2) is 0 Å². The Balaban J connectivity index is 2.70. The number of aliphatic hydroxyl groups excluding tert-OH is 1. The summed E-state index contributed by atoms with van der Waals surface area (Å²) in [5.74, 6) is -2.06. The lowest BCUT2D eigenvalue weighted by atomic mass is 10.0. The third-order valence-electron chi connectivity index (χ3n) is 3.22. The smallest absolute Gasteiger partial charge is 0.313 e. The summed E-state index contributed by atoms with van der Waals surface area (Å²) in [5, 5.41) is 13.9. The molecule has 2 amide bonds. The molecule has 3 N–H and O–H groups in total. The minimum atomic E-state index is -0.854. The third kappa shape index (κ3) is 5.15. The normalized spacial score (nSPS) is 12.1. The van der Waals surface area contributed by atoms with Gasteiger partial charge in [-0.05, 0) is 37.0 Å². The molecule has 0 heterocycles. The average molecular weight is 296 g/mol. The highest BCUT2D eigenvalue weighted by molar-refractivity contribution is 6.39. The van der Waals surface area contributed by atoms with Crippen LogP contribution in [0.25, 0.3) is 0 Å². The van der Waals surface area contributed by atoms with Crippen LogP contribution in [-0.4, -0.2) is 29.6 Å². The van der Waals surface area contributed by atoms with Gasteiger partial charge in [-0.2, -0.15) is 0 Å². The van der Waals surface area contributed by atoms with E-state index in [1.807, 2.05) is 13.8 Å². The van der Waals surface area contributed by atoms with Crippen LogP contribution < -0.4 is 10.6 Å². The van der Waals surface area contributed by atoms with Crippen LogP contribution in [0.1, 0.15) is 25.8 Å². The van der Waals surface area contributed by atoms with Gasteiger partial charge in [0.05, 0.1) is 0 Å². The number of carbonyl (C=O) groups is 2. The van der Waals surface area contributed by atoms with Gasteiger partial charge >= 0.3 is 11.8 Å². The molecule has 0 fully saturated rings. The van der Waals surface area contributed by atoms with E-state index in [2.05, 4.69) is 10.6 Å². The van der Waals surface area contributed by atoms with Crippen molar-refractivity contribution in [3.63, 3.8) is 0 Å². The minimum absolute atomic E-state index is 0.0756. The first kappa shape index (κ1) is 17.1. The summed E-state index contributed by atoms with van der Waals surface area (Å²) in [5.41, 5.74) is 0.923. The van der Waals surface area contributed by atoms with Crippen LogP contribution in [0.5, 0.6) is 0 Å². The Morgan fingerprint density at radius 3 is 2.52 bits per heavy atom. The van der Waals surface area contributed by atoms with E-state index in [-0.39, 0.29) is 24.3 Å². The SMILES string of the molecule is Cc1ccc(F)cc1NC(=O)C(=O)NC(CCO)C(C)C. The van der Waals surface area contributed by atoms with E-state index in [0.29, 0.717) is 12.0 Å². The van der Waals surface area contributed by atoms with Crippen molar-refractivity contribution in [2.24, 2.45) is 5.92 Å². The summed E-state index contributed by atoms with van der Waals surface area (Å²) in [6.45, 7) is 5.40. The van der Waals surface area contributed by atoms with Crippen molar-refractivity contribution in [3.05, 3.63) is 29.6 Å². The molecule has 0 aliphatic rings. The van der Waals surface area contributed by atoms with Crippen molar-refractivity contribution in [3.8, 4) is 0 Å². The van der Waals surface area contributed by atoms with Gasteiger partial charge in [-0.15, -0.1) is 0 Å². The van der Waals surface area contributed by atoms with Crippen LogP contribution in [0, 0.1) is 18.7 Å². The molecule has 21 heavy (non-hydrogen) atoms. The fourth-order valence-corrected chi connectivity index (χ4v) is 1.85. The van der Waals surface area contributed by atoms with Gasteiger partial charge in [-0.1, -0.05) is 19.9 Å². The summed E-state index contributed by atoms with van der Waals surface area (Å²) in [6.07, 6.45) is 0.371. The number of anilines is 1. The lowest BCUT2D eigenvalue weighted by molar-refractivity contribution is -0.136. The first-order valence-electron chi connectivity index (χ1n) is 6.84. The highest BCUT2D eigenvalue weighted by Gasteiger charge is 2.21. The third-order valence-corrected chi connectivity index (χ3v) is 3.22. The van der Waals surface area contributed by atoms with E-state index in [4.69, 9.17) is 5.11 Å². The summed E-state index contributed by atoms with van der Waals surface area (Å²) >= 11 is 0. The highest BCUT2D eigenvalue weighted by atomic mass is 19.1. The molecular weight excluding hydrogens is 275 g/mol. The van der Waals surface area contributed by atoms with Gasteiger partial charge in [0.2, 0.25) is 0 Å². The largest absolute Gasteiger partial charge is 0.396 e. The Labute approximate surface area is 123 Å². The van der Waals surface area contributed by atoms with Crippen LogP contribution in [0.3, 0.4) is 0 Å². The number of nitrogens with one attached hydrogen (secondary N) is 2. The van der Waals surface area contributed by atoms with E-state index in [1.165, 1.54) is 12.1 Å². The van der Waals surface area contributed by atoms with Crippen LogP contribution in [-0.2, 0) is 9.59 Å². The van der Waals surface area contributed by atoms with Crippen LogP contribution in [0.15, 0.2) is 18.2 Å². The first-order valence-corrected chi connectivity index (χ1v) is 6.84. The minimum Gasteiger partial charge on any atom is -0.396 e.